The Morgan fingerprint density at radius 1 is 1.07 bits per heavy atom. The van der Waals surface area contributed by atoms with Crippen molar-refractivity contribution >= 4 is 29.3 Å². The number of thioether (sulfide) groups is 1. The zero-order chi connectivity index (χ0) is 20.9. The number of carbonyl (C=O) groups is 1. The first-order valence-corrected chi connectivity index (χ1v) is 10.6. The number of furan rings is 1. The van der Waals surface area contributed by atoms with Crippen LogP contribution in [0.4, 0.5) is 0 Å². The number of amides is 1. The smallest absolute Gasteiger partial charge is 0.233 e. The van der Waals surface area contributed by atoms with Gasteiger partial charge in [-0.05, 0) is 42.0 Å². The number of halogens is 1. The van der Waals surface area contributed by atoms with Gasteiger partial charge >= 0.3 is 0 Å². The van der Waals surface area contributed by atoms with E-state index in [1.807, 2.05) is 53.1 Å². The number of hydrogen-bond acceptors (Lipinski definition) is 5. The molecule has 0 bridgehead atoms. The molecule has 1 amide bonds. The van der Waals surface area contributed by atoms with E-state index in [1.165, 1.54) is 11.8 Å². The number of aromatic nitrogens is 3. The van der Waals surface area contributed by atoms with Gasteiger partial charge in [0.2, 0.25) is 11.7 Å². The average molecular weight is 439 g/mol. The number of hydrogen-bond donors (Lipinski definition) is 0. The summed E-state index contributed by atoms with van der Waals surface area (Å²) in [6.07, 6.45) is 1.59. The maximum absolute atomic E-state index is 12.7. The van der Waals surface area contributed by atoms with E-state index >= 15 is 0 Å². The Hall–Kier alpha value is -3.03. The van der Waals surface area contributed by atoms with Crippen LogP contribution in [0, 0.1) is 0 Å². The molecule has 8 heteroatoms. The van der Waals surface area contributed by atoms with Crippen LogP contribution in [0.15, 0.2) is 82.6 Å². The standard InChI is InChI=1S/C22H19ClN4O2S/c1-26(14-16-6-3-2-4-7-16)20(28)15-30-22-25-24-21(19-8-5-13-29-19)27(22)18-11-9-17(23)10-12-18/h2-13H,14-15H2,1H3. The maximum atomic E-state index is 12.7. The fourth-order valence-electron chi connectivity index (χ4n) is 2.93. The molecule has 0 aliphatic rings. The molecule has 0 N–H and O–H groups in total. The lowest BCUT2D eigenvalue weighted by molar-refractivity contribution is -0.127. The molecular formula is C22H19ClN4O2S. The molecule has 2 aromatic carbocycles. The van der Waals surface area contributed by atoms with Gasteiger partial charge in [0.1, 0.15) is 0 Å². The Balaban J connectivity index is 1.54. The Morgan fingerprint density at radius 2 is 1.83 bits per heavy atom. The van der Waals surface area contributed by atoms with Crippen LogP contribution >= 0.6 is 23.4 Å². The van der Waals surface area contributed by atoms with Crippen molar-refractivity contribution in [3.8, 4) is 17.3 Å². The third kappa shape index (κ3) is 4.58. The van der Waals surface area contributed by atoms with Crippen LogP contribution in [0.2, 0.25) is 5.02 Å². The van der Waals surface area contributed by atoms with Crippen molar-refractivity contribution < 1.29 is 9.21 Å². The van der Waals surface area contributed by atoms with Crippen molar-refractivity contribution in [3.63, 3.8) is 0 Å². The normalized spacial score (nSPS) is 10.9. The number of nitrogens with zero attached hydrogens (tertiary/aromatic N) is 4. The highest BCUT2D eigenvalue weighted by Gasteiger charge is 2.20. The molecule has 30 heavy (non-hydrogen) atoms. The fraction of sp³-hybridized carbons (Fsp3) is 0.136. The minimum absolute atomic E-state index is 0.00839. The molecule has 4 rings (SSSR count). The predicted octanol–water partition coefficient (Wildman–Crippen LogP) is 4.93. The van der Waals surface area contributed by atoms with Crippen LogP contribution in [0.1, 0.15) is 5.56 Å². The molecule has 0 unspecified atom stereocenters. The van der Waals surface area contributed by atoms with Gasteiger partial charge in [-0.15, -0.1) is 10.2 Å². The van der Waals surface area contributed by atoms with Gasteiger partial charge in [-0.2, -0.15) is 0 Å². The molecule has 0 radical (unpaired) electrons. The molecular weight excluding hydrogens is 420 g/mol. The molecule has 0 saturated carbocycles. The van der Waals surface area contributed by atoms with Gasteiger partial charge in [0.15, 0.2) is 10.9 Å². The summed E-state index contributed by atoms with van der Waals surface area (Å²) in [5, 5.41) is 9.83. The van der Waals surface area contributed by atoms with Crippen LogP contribution in [-0.4, -0.2) is 38.4 Å². The minimum atomic E-state index is 0.00839. The van der Waals surface area contributed by atoms with E-state index in [4.69, 9.17) is 16.0 Å². The minimum Gasteiger partial charge on any atom is -0.461 e. The highest BCUT2D eigenvalue weighted by atomic mass is 35.5. The Kier molecular flexibility index (Phi) is 6.21. The zero-order valence-corrected chi connectivity index (χ0v) is 17.8. The highest BCUT2D eigenvalue weighted by molar-refractivity contribution is 7.99. The Labute approximate surface area is 183 Å². The van der Waals surface area contributed by atoms with Gasteiger partial charge in [0, 0.05) is 24.3 Å². The van der Waals surface area contributed by atoms with Crippen molar-refractivity contribution in [3.05, 3.63) is 83.6 Å². The zero-order valence-electron chi connectivity index (χ0n) is 16.2. The number of benzene rings is 2. The van der Waals surface area contributed by atoms with E-state index in [1.54, 1.807) is 36.4 Å². The average Bonchev–Trinajstić information content (AvgIpc) is 3.43. The van der Waals surface area contributed by atoms with Gasteiger partial charge in [-0.3, -0.25) is 9.36 Å². The van der Waals surface area contributed by atoms with Crippen molar-refractivity contribution in [1.29, 1.82) is 0 Å². The monoisotopic (exact) mass is 438 g/mol. The van der Waals surface area contributed by atoms with Crippen molar-refractivity contribution in [2.24, 2.45) is 0 Å². The molecule has 2 heterocycles. The lowest BCUT2D eigenvalue weighted by Crippen LogP contribution is -2.27. The lowest BCUT2D eigenvalue weighted by atomic mass is 10.2. The molecule has 0 spiro atoms. The SMILES string of the molecule is CN(Cc1ccccc1)C(=O)CSc1nnc(-c2ccco2)n1-c1ccc(Cl)cc1. The molecule has 6 nitrogen and oxygen atoms in total. The van der Waals surface area contributed by atoms with E-state index in [9.17, 15) is 4.79 Å². The van der Waals surface area contributed by atoms with E-state index in [2.05, 4.69) is 10.2 Å². The molecule has 152 valence electrons. The van der Waals surface area contributed by atoms with Gasteiger partial charge in [0.25, 0.3) is 0 Å². The maximum Gasteiger partial charge on any atom is 0.233 e. The van der Waals surface area contributed by atoms with Gasteiger partial charge in [-0.25, -0.2) is 0 Å². The van der Waals surface area contributed by atoms with E-state index in [-0.39, 0.29) is 11.7 Å². The van der Waals surface area contributed by atoms with Crippen LogP contribution in [0.3, 0.4) is 0 Å². The summed E-state index contributed by atoms with van der Waals surface area (Å²) >= 11 is 7.38. The number of rotatable bonds is 7. The summed E-state index contributed by atoms with van der Waals surface area (Å²) in [6.45, 7) is 0.557. The molecule has 2 aromatic heterocycles. The van der Waals surface area contributed by atoms with Crippen LogP contribution in [0.25, 0.3) is 17.3 Å². The summed E-state index contributed by atoms with van der Waals surface area (Å²) < 4.78 is 7.38. The van der Waals surface area contributed by atoms with Crippen LogP contribution in [-0.2, 0) is 11.3 Å². The summed E-state index contributed by atoms with van der Waals surface area (Å²) in [5.74, 6) is 1.41. The molecule has 0 aliphatic heterocycles. The summed E-state index contributed by atoms with van der Waals surface area (Å²) in [7, 11) is 1.80. The summed E-state index contributed by atoms with van der Waals surface area (Å²) in [5.41, 5.74) is 1.92. The summed E-state index contributed by atoms with van der Waals surface area (Å²) in [4.78, 5) is 14.4. The van der Waals surface area contributed by atoms with Crippen molar-refractivity contribution in [2.45, 2.75) is 11.7 Å². The number of carbonyl (C=O) groups excluding carboxylic acids is 1. The fourth-order valence-corrected chi connectivity index (χ4v) is 3.95. The second kappa shape index (κ2) is 9.19. The highest BCUT2D eigenvalue weighted by Crippen LogP contribution is 2.29. The Morgan fingerprint density at radius 3 is 2.53 bits per heavy atom. The first kappa shape index (κ1) is 20.3. The second-order valence-corrected chi connectivity index (χ2v) is 8.00. The van der Waals surface area contributed by atoms with Gasteiger partial charge in [-0.1, -0.05) is 53.7 Å². The van der Waals surface area contributed by atoms with Crippen LogP contribution in [0.5, 0.6) is 0 Å². The van der Waals surface area contributed by atoms with Gasteiger partial charge in [0.05, 0.1) is 12.0 Å². The third-order valence-corrected chi connectivity index (χ3v) is 5.64. The first-order valence-electron chi connectivity index (χ1n) is 9.28. The Bertz CT molecular complexity index is 1110. The molecule has 0 aliphatic carbocycles. The topological polar surface area (TPSA) is 64.2 Å². The van der Waals surface area contributed by atoms with E-state index < -0.39 is 0 Å². The quantitative estimate of drug-likeness (QED) is 0.383. The molecule has 0 fully saturated rings. The van der Waals surface area contributed by atoms with E-state index in [0.29, 0.717) is 28.3 Å². The van der Waals surface area contributed by atoms with Crippen molar-refractivity contribution in [1.82, 2.24) is 19.7 Å². The lowest BCUT2D eigenvalue weighted by Gasteiger charge is -2.17. The summed E-state index contributed by atoms with van der Waals surface area (Å²) in [6, 6.07) is 20.9. The van der Waals surface area contributed by atoms with Crippen LogP contribution < -0.4 is 0 Å². The molecule has 0 saturated heterocycles. The third-order valence-electron chi connectivity index (χ3n) is 4.47. The second-order valence-electron chi connectivity index (χ2n) is 6.62. The predicted molar refractivity (Wildman–Crippen MR) is 118 cm³/mol. The van der Waals surface area contributed by atoms with Gasteiger partial charge < -0.3 is 9.32 Å². The van der Waals surface area contributed by atoms with Crippen molar-refractivity contribution in [2.75, 3.05) is 12.8 Å². The molecule has 0 atom stereocenters. The van der Waals surface area contributed by atoms with E-state index in [0.717, 1.165) is 11.3 Å². The molecule has 4 aromatic rings. The first-order chi connectivity index (χ1) is 14.6. The largest absolute Gasteiger partial charge is 0.461 e.